The Morgan fingerprint density at radius 2 is 1.47 bits per heavy atom. The van der Waals surface area contributed by atoms with Gasteiger partial charge in [0.25, 0.3) is 0 Å². The number of benzene rings is 2. The zero-order chi connectivity index (χ0) is 46.3. The number of rotatable bonds is 20. The van der Waals surface area contributed by atoms with Crippen molar-refractivity contribution in [2.24, 2.45) is 0 Å². The number of anilines is 1. The second-order valence-electron chi connectivity index (χ2n) is 15.5. The molecule has 6 amide bonds. The second kappa shape index (κ2) is 23.9. The highest BCUT2D eigenvalue weighted by molar-refractivity contribution is 5.96. The summed E-state index contributed by atoms with van der Waals surface area (Å²) in [6, 6.07) is -1.14. The number of carbonyl (C=O) groups excluding carboxylic acids is 6. The first-order valence-electron chi connectivity index (χ1n) is 20.7. The molecule has 1 aliphatic heterocycles. The molecule has 5 unspecified atom stereocenters. The fraction of sp³-hybridized carbons (Fsp3) is 0.548. The van der Waals surface area contributed by atoms with Crippen molar-refractivity contribution in [3.63, 3.8) is 0 Å². The molecule has 2 aromatic carbocycles. The van der Waals surface area contributed by atoms with Gasteiger partial charge in [-0.25, -0.2) is 4.79 Å². The van der Waals surface area contributed by atoms with Crippen molar-refractivity contribution >= 4 is 47.1 Å². The Kier molecular flexibility index (Phi) is 19.4. The van der Waals surface area contributed by atoms with E-state index in [1.54, 1.807) is 0 Å². The first-order chi connectivity index (χ1) is 29.3. The summed E-state index contributed by atoms with van der Waals surface area (Å²) >= 11 is 0. The highest BCUT2D eigenvalue weighted by Crippen LogP contribution is 2.43. The smallest absolute Gasteiger partial charge is 0.326 e. The molecule has 0 saturated heterocycles. The predicted octanol–water partition coefficient (Wildman–Crippen LogP) is 1.84. The molecular weight excluding hydrogens is 810 g/mol. The maximum atomic E-state index is 13.9. The zero-order valence-corrected chi connectivity index (χ0v) is 35.8. The van der Waals surface area contributed by atoms with E-state index in [0.29, 0.717) is 6.42 Å². The number of fused-ring (bicyclic) bond motifs is 5. The van der Waals surface area contributed by atoms with E-state index in [-0.39, 0.29) is 34.6 Å². The summed E-state index contributed by atoms with van der Waals surface area (Å²) in [6.45, 7) is 3.34. The minimum Gasteiger partial charge on any atom is -0.507 e. The molecule has 62 heavy (non-hydrogen) atoms. The Labute approximate surface area is 360 Å². The van der Waals surface area contributed by atoms with Gasteiger partial charge in [0, 0.05) is 38.1 Å². The number of amides is 6. The summed E-state index contributed by atoms with van der Waals surface area (Å²) in [7, 11) is 2.60. The van der Waals surface area contributed by atoms with Crippen LogP contribution >= 0.6 is 0 Å². The van der Waals surface area contributed by atoms with Crippen LogP contribution < -0.4 is 26.5 Å². The van der Waals surface area contributed by atoms with E-state index in [1.165, 1.54) is 71.8 Å². The van der Waals surface area contributed by atoms with Gasteiger partial charge in [-0.3, -0.25) is 39.2 Å². The van der Waals surface area contributed by atoms with E-state index < -0.39 is 108 Å². The van der Waals surface area contributed by atoms with Gasteiger partial charge in [-0.05, 0) is 55.7 Å². The Bertz CT molecular complexity index is 1930. The fourth-order valence-corrected chi connectivity index (χ4v) is 7.01. The summed E-state index contributed by atoms with van der Waals surface area (Å²) in [6.07, 6.45) is 9.31. The summed E-state index contributed by atoms with van der Waals surface area (Å²) < 4.78 is 0. The quantitative estimate of drug-likeness (QED) is 0.0671. The SMILES string of the molecule is CCCCCCCCCCCC(=O)N(C)C(CO)C(=O)NC(C)C(=O)NCC(=O)N(C)C1C(=O)NC(C)C(=O)NC(C(=O)O)Cc2cc(c(O)c(N(O)O)c2)-c2cc1ccc2O. The average molecular weight is 872 g/mol. The molecule has 1 heterocycles. The molecule has 20 heteroatoms. The number of likely N-dealkylation sites (N-methyl/N-ethyl adjacent to an activating group) is 2. The molecule has 5 atom stereocenters. The highest BCUT2D eigenvalue weighted by atomic mass is 16.8. The van der Waals surface area contributed by atoms with E-state index in [2.05, 4.69) is 28.2 Å². The number of aliphatic hydroxyl groups is 1. The summed E-state index contributed by atoms with van der Waals surface area (Å²) in [5.74, 6) is -7.41. The van der Waals surface area contributed by atoms with Gasteiger partial charge in [-0.2, -0.15) is 0 Å². The van der Waals surface area contributed by atoms with Gasteiger partial charge in [0.1, 0.15) is 41.6 Å². The first-order valence-corrected chi connectivity index (χ1v) is 20.7. The van der Waals surface area contributed by atoms with Gasteiger partial charge in [-0.15, -0.1) is 5.23 Å². The molecule has 0 aromatic heterocycles. The largest absolute Gasteiger partial charge is 0.507 e. The normalized spacial score (nSPS) is 17.3. The number of phenols is 2. The number of carbonyl (C=O) groups is 7. The maximum Gasteiger partial charge on any atom is 0.326 e. The van der Waals surface area contributed by atoms with Crippen LogP contribution in [-0.4, -0.2) is 133 Å². The number of nitrogens with zero attached hydrogens (tertiary/aromatic N) is 3. The lowest BCUT2D eigenvalue weighted by Gasteiger charge is -2.30. The van der Waals surface area contributed by atoms with E-state index in [0.717, 1.165) is 47.6 Å². The van der Waals surface area contributed by atoms with Crippen LogP contribution in [0.5, 0.6) is 11.5 Å². The number of hydrogen-bond donors (Lipinski definition) is 10. The number of phenolic OH excluding ortho intramolecular Hbond substituents is 2. The van der Waals surface area contributed by atoms with Gasteiger partial charge >= 0.3 is 5.97 Å². The van der Waals surface area contributed by atoms with Crippen LogP contribution in [0.1, 0.15) is 102 Å². The van der Waals surface area contributed by atoms with Crippen LogP contribution in [0.15, 0.2) is 30.3 Å². The van der Waals surface area contributed by atoms with Gasteiger partial charge in [-0.1, -0.05) is 64.4 Å². The number of nitrogens with one attached hydrogen (secondary N) is 4. The molecule has 4 bridgehead atoms. The van der Waals surface area contributed by atoms with Crippen LogP contribution in [0.4, 0.5) is 5.69 Å². The molecule has 10 N–H and O–H groups in total. The molecule has 2 aromatic rings. The number of hydrogen-bond acceptors (Lipinski definition) is 13. The van der Waals surface area contributed by atoms with Gasteiger partial charge < -0.3 is 51.5 Å². The molecule has 0 saturated carbocycles. The van der Waals surface area contributed by atoms with E-state index in [1.807, 2.05) is 0 Å². The van der Waals surface area contributed by atoms with Crippen LogP contribution in [0.25, 0.3) is 11.1 Å². The van der Waals surface area contributed by atoms with Gasteiger partial charge in [0.2, 0.25) is 35.4 Å². The lowest BCUT2D eigenvalue weighted by Crippen LogP contribution is -2.55. The molecule has 20 nitrogen and oxygen atoms in total. The molecule has 342 valence electrons. The van der Waals surface area contributed by atoms with Crippen molar-refractivity contribution in [2.45, 2.75) is 122 Å². The maximum absolute atomic E-state index is 13.9. The minimum atomic E-state index is -1.61. The summed E-state index contributed by atoms with van der Waals surface area (Å²) in [5, 5.41) is 70.7. The van der Waals surface area contributed by atoms with Crippen LogP contribution in [0, 0.1) is 0 Å². The second-order valence-corrected chi connectivity index (χ2v) is 15.5. The zero-order valence-electron chi connectivity index (χ0n) is 35.8. The molecule has 0 radical (unpaired) electrons. The summed E-state index contributed by atoms with van der Waals surface area (Å²) in [4.78, 5) is 94.0. The minimum absolute atomic E-state index is 0.0221. The van der Waals surface area contributed by atoms with E-state index >= 15 is 0 Å². The number of aliphatic hydroxyl groups excluding tert-OH is 1. The topological polar surface area (TPSA) is 299 Å². The highest BCUT2D eigenvalue weighted by Gasteiger charge is 2.34. The Balaban J connectivity index is 1.77. The third-order valence-corrected chi connectivity index (χ3v) is 10.8. The Hall–Kier alpha value is -5.99. The standard InChI is InChI=1S/C42H61N7O13/c1-6-7-8-9-10-11-12-13-14-15-34(52)47(4)32(23-50)40(57)44-24(2)38(55)43-22-35(53)48(5)36-27-16-17-33(51)28(21-27)29-18-26(20-31(37(29)54)49(61)62)19-30(42(59)60)46-39(56)25(3)45-41(36)58/h16-18,20-21,24-25,30,32,36,50-51,54,61-62H,6-15,19,22-23H2,1-5H3,(H,43,55)(H,44,57)(H,45,58)(H,46,56)(H,59,60). The molecule has 0 aliphatic carbocycles. The fourth-order valence-electron chi connectivity index (χ4n) is 7.01. The lowest BCUT2D eigenvalue weighted by atomic mass is 9.93. The Morgan fingerprint density at radius 3 is 2.06 bits per heavy atom. The van der Waals surface area contributed by atoms with Gasteiger partial charge in [0.15, 0.2) is 5.75 Å². The third-order valence-electron chi connectivity index (χ3n) is 10.8. The van der Waals surface area contributed by atoms with Crippen molar-refractivity contribution < 1.29 is 64.4 Å². The number of unbranched alkanes of at least 4 members (excludes halogenated alkanes) is 8. The van der Waals surface area contributed by atoms with E-state index in [4.69, 9.17) is 0 Å². The molecule has 0 fully saturated rings. The molecule has 1 aliphatic rings. The summed E-state index contributed by atoms with van der Waals surface area (Å²) in [5.41, 5.74) is -0.917. The third kappa shape index (κ3) is 13.8. The van der Waals surface area contributed by atoms with Crippen molar-refractivity contribution in [2.75, 3.05) is 32.5 Å². The van der Waals surface area contributed by atoms with Crippen molar-refractivity contribution in [3.8, 4) is 22.6 Å². The first kappa shape index (κ1) is 50.4. The van der Waals surface area contributed by atoms with Crippen molar-refractivity contribution in [1.29, 1.82) is 0 Å². The van der Waals surface area contributed by atoms with Crippen LogP contribution in [0.2, 0.25) is 0 Å². The monoisotopic (exact) mass is 871 g/mol. The van der Waals surface area contributed by atoms with Gasteiger partial charge in [0.05, 0.1) is 13.2 Å². The van der Waals surface area contributed by atoms with Crippen LogP contribution in [-0.2, 0) is 40.0 Å². The average Bonchev–Trinajstić information content (AvgIpc) is 3.22. The number of carboxylic acid groups (broad SMARTS) is 1. The van der Waals surface area contributed by atoms with E-state index in [9.17, 15) is 64.4 Å². The number of aliphatic carboxylic acids is 1. The Morgan fingerprint density at radius 1 is 0.839 bits per heavy atom. The number of carboxylic acids is 1. The molecule has 0 spiro atoms. The number of aromatic hydroxyl groups is 2. The lowest BCUT2D eigenvalue weighted by molar-refractivity contribution is -0.143. The molecule has 3 rings (SSSR count). The molecular formula is C42H61N7O13. The predicted molar refractivity (Wildman–Crippen MR) is 224 cm³/mol. The van der Waals surface area contributed by atoms with Crippen LogP contribution in [0.3, 0.4) is 0 Å². The van der Waals surface area contributed by atoms with Crippen molar-refractivity contribution in [3.05, 3.63) is 41.5 Å². The van der Waals surface area contributed by atoms with Crippen molar-refractivity contribution in [1.82, 2.24) is 31.1 Å².